The van der Waals surface area contributed by atoms with E-state index in [9.17, 15) is 18.0 Å². The zero-order valence-electron chi connectivity index (χ0n) is 18.3. The van der Waals surface area contributed by atoms with Crippen molar-refractivity contribution in [2.75, 3.05) is 38.2 Å². The van der Waals surface area contributed by atoms with Crippen LogP contribution in [0.4, 0.5) is 19.0 Å². The van der Waals surface area contributed by atoms with E-state index in [4.69, 9.17) is 4.74 Å². The molecule has 0 saturated carbocycles. The smallest absolute Gasteiger partial charge is 0.381 e. The molecule has 2 N–H and O–H groups in total. The maximum atomic E-state index is 13.7. The van der Waals surface area contributed by atoms with Crippen molar-refractivity contribution in [2.45, 2.75) is 38.3 Å². The predicted molar refractivity (Wildman–Crippen MR) is 117 cm³/mol. The number of rotatable bonds is 7. The highest BCUT2D eigenvalue weighted by Gasteiger charge is 2.35. The van der Waals surface area contributed by atoms with Crippen molar-refractivity contribution >= 4 is 11.6 Å². The quantitative estimate of drug-likeness (QED) is 0.650. The van der Waals surface area contributed by atoms with Crippen LogP contribution in [0.15, 0.2) is 24.7 Å². The second-order valence-corrected chi connectivity index (χ2v) is 8.63. The van der Waals surface area contributed by atoms with E-state index in [1.807, 2.05) is 0 Å². The second-order valence-electron chi connectivity index (χ2n) is 8.63. The topological polar surface area (TPSA) is 89.0 Å². The maximum Gasteiger partial charge on any atom is 0.418 e. The van der Waals surface area contributed by atoms with E-state index in [1.54, 1.807) is 0 Å². The average Bonchev–Trinajstić information content (AvgIpc) is 2.83. The van der Waals surface area contributed by atoms with Crippen LogP contribution in [-0.2, 0) is 22.1 Å². The van der Waals surface area contributed by atoms with Crippen LogP contribution in [0.1, 0.15) is 36.9 Å². The standard InChI is InChI=1S/C23H28F3N5O2/c24-23(25,26)19-12-29-17(9-21(32)16-2-1-5-27-11-16)8-18(19)20-13-28-14-22(31-20)30-10-15-3-6-33-7-4-15/h8,12-16,27H,1-7,9-11H2,(H,30,31)/t16-/m1/s1. The number of hydrogen-bond acceptors (Lipinski definition) is 7. The van der Waals surface area contributed by atoms with Gasteiger partial charge in [-0.15, -0.1) is 0 Å². The first-order valence-electron chi connectivity index (χ1n) is 11.3. The van der Waals surface area contributed by atoms with Crippen LogP contribution in [0, 0.1) is 11.8 Å². The Morgan fingerprint density at radius 3 is 2.73 bits per heavy atom. The number of piperidine rings is 1. The molecule has 2 saturated heterocycles. The highest BCUT2D eigenvalue weighted by atomic mass is 19.4. The van der Waals surface area contributed by atoms with E-state index < -0.39 is 11.7 Å². The number of alkyl halides is 3. The van der Waals surface area contributed by atoms with Crippen LogP contribution in [0.25, 0.3) is 11.3 Å². The van der Waals surface area contributed by atoms with E-state index >= 15 is 0 Å². The number of hydrogen-bond donors (Lipinski definition) is 2. The Morgan fingerprint density at radius 2 is 2.00 bits per heavy atom. The van der Waals surface area contributed by atoms with E-state index in [1.165, 1.54) is 18.5 Å². The minimum Gasteiger partial charge on any atom is -0.381 e. The van der Waals surface area contributed by atoms with Gasteiger partial charge in [0.05, 0.1) is 23.7 Å². The molecular formula is C23H28F3N5O2. The molecule has 2 fully saturated rings. The molecule has 178 valence electrons. The van der Waals surface area contributed by atoms with E-state index in [0.717, 1.165) is 38.4 Å². The molecule has 4 rings (SSSR count). The number of carbonyl (C=O) groups is 1. The molecule has 2 aromatic heterocycles. The molecule has 10 heteroatoms. The number of nitrogens with one attached hydrogen (secondary N) is 2. The van der Waals surface area contributed by atoms with Crippen molar-refractivity contribution in [3.05, 3.63) is 35.9 Å². The van der Waals surface area contributed by atoms with Gasteiger partial charge < -0.3 is 15.4 Å². The first-order chi connectivity index (χ1) is 15.9. The van der Waals surface area contributed by atoms with E-state index in [-0.39, 0.29) is 29.4 Å². The Labute approximate surface area is 190 Å². The van der Waals surface area contributed by atoms with Crippen LogP contribution < -0.4 is 10.6 Å². The molecule has 0 unspecified atom stereocenters. The van der Waals surface area contributed by atoms with Gasteiger partial charge in [-0.25, -0.2) is 4.98 Å². The number of Topliss-reactive ketones (excluding diaryl/α,β-unsaturated/α-hetero) is 1. The van der Waals surface area contributed by atoms with E-state index in [2.05, 4.69) is 25.6 Å². The fraction of sp³-hybridized carbons (Fsp3) is 0.565. The van der Waals surface area contributed by atoms with Gasteiger partial charge in [-0.05, 0) is 44.2 Å². The molecule has 2 aliphatic heterocycles. The van der Waals surface area contributed by atoms with Gasteiger partial charge in [0, 0.05) is 56.1 Å². The number of ether oxygens (including phenoxy) is 1. The van der Waals surface area contributed by atoms with Crippen LogP contribution in [-0.4, -0.2) is 53.6 Å². The van der Waals surface area contributed by atoms with Crippen molar-refractivity contribution in [3.63, 3.8) is 0 Å². The van der Waals surface area contributed by atoms with Crippen LogP contribution in [0.5, 0.6) is 0 Å². The van der Waals surface area contributed by atoms with Gasteiger partial charge in [-0.2, -0.15) is 13.2 Å². The normalized spacial score (nSPS) is 19.9. The monoisotopic (exact) mass is 463 g/mol. The lowest BCUT2D eigenvalue weighted by Gasteiger charge is -2.22. The Bertz CT molecular complexity index is 957. The highest BCUT2D eigenvalue weighted by molar-refractivity contribution is 5.83. The van der Waals surface area contributed by atoms with Crippen molar-refractivity contribution in [3.8, 4) is 11.3 Å². The zero-order chi connectivity index (χ0) is 23.3. The predicted octanol–water partition coefficient (Wildman–Crippen LogP) is 3.51. The molecule has 0 amide bonds. The second kappa shape index (κ2) is 10.6. The minimum atomic E-state index is -4.61. The van der Waals surface area contributed by atoms with Crippen LogP contribution in [0.3, 0.4) is 0 Å². The summed E-state index contributed by atoms with van der Waals surface area (Å²) in [6.07, 6.45) is 2.53. The summed E-state index contributed by atoms with van der Waals surface area (Å²) in [6, 6.07) is 1.32. The summed E-state index contributed by atoms with van der Waals surface area (Å²) in [5.74, 6) is 0.680. The average molecular weight is 464 g/mol. The van der Waals surface area contributed by atoms with Crippen LogP contribution in [0.2, 0.25) is 0 Å². The number of nitrogens with zero attached hydrogens (tertiary/aromatic N) is 3. The summed E-state index contributed by atoms with van der Waals surface area (Å²) in [6.45, 7) is 3.55. The molecule has 0 radical (unpaired) electrons. The number of ketones is 1. The van der Waals surface area contributed by atoms with Crippen molar-refractivity contribution in [1.29, 1.82) is 0 Å². The molecule has 33 heavy (non-hydrogen) atoms. The molecule has 7 nitrogen and oxygen atoms in total. The van der Waals surface area contributed by atoms with Gasteiger partial charge in [0.1, 0.15) is 11.6 Å². The fourth-order valence-corrected chi connectivity index (χ4v) is 4.26. The largest absolute Gasteiger partial charge is 0.418 e. The molecule has 0 bridgehead atoms. The molecule has 4 heterocycles. The lowest BCUT2D eigenvalue weighted by atomic mass is 9.92. The number of halogens is 3. The Morgan fingerprint density at radius 1 is 1.18 bits per heavy atom. The summed E-state index contributed by atoms with van der Waals surface area (Å²) in [4.78, 5) is 25.1. The molecule has 0 spiro atoms. The molecule has 2 aliphatic rings. The number of pyridine rings is 1. The Kier molecular flexibility index (Phi) is 7.54. The Balaban J connectivity index is 1.55. The zero-order valence-corrected chi connectivity index (χ0v) is 18.3. The lowest BCUT2D eigenvalue weighted by Crippen LogP contribution is -2.35. The summed E-state index contributed by atoms with van der Waals surface area (Å²) in [7, 11) is 0. The fourth-order valence-electron chi connectivity index (χ4n) is 4.26. The summed E-state index contributed by atoms with van der Waals surface area (Å²) in [5.41, 5.74) is -0.621. The molecule has 1 atom stereocenters. The third-order valence-electron chi connectivity index (χ3n) is 6.20. The lowest BCUT2D eigenvalue weighted by molar-refractivity contribution is -0.137. The third-order valence-corrected chi connectivity index (χ3v) is 6.20. The van der Waals surface area contributed by atoms with Gasteiger partial charge in [-0.3, -0.25) is 14.8 Å². The molecule has 0 aliphatic carbocycles. The number of carbonyl (C=O) groups excluding carboxylic acids is 1. The van der Waals surface area contributed by atoms with Gasteiger partial charge in [-0.1, -0.05) is 0 Å². The SMILES string of the molecule is O=C(Cc1cc(-c2cncc(NCC3CCOCC3)n2)c(C(F)(F)F)cn1)[C@@H]1CCCNC1. The third kappa shape index (κ3) is 6.26. The van der Waals surface area contributed by atoms with Crippen molar-refractivity contribution in [1.82, 2.24) is 20.3 Å². The first-order valence-corrected chi connectivity index (χ1v) is 11.3. The molecule has 2 aromatic rings. The minimum absolute atomic E-state index is 0.00734. The summed E-state index contributed by atoms with van der Waals surface area (Å²) < 4.78 is 46.5. The number of aromatic nitrogens is 3. The summed E-state index contributed by atoms with van der Waals surface area (Å²) in [5, 5.41) is 6.37. The highest BCUT2D eigenvalue weighted by Crippen LogP contribution is 2.36. The van der Waals surface area contributed by atoms with Crippen molar-refractivity contribution in [2.24, 2.45) is 11.8 Å². The first kappa shape index (κ1) is 23.6. The maximum absolute atomic E-state index is 13.7. The van der Waals surface area contributed by atoms with Gasteiger partial charge >= 0.3 is 6.18 Å². The Hall–Kier alpha value is -2.59. The summed E-state index contributed by atoms with van der Waals surface area (Å²) >= 11 is 0. The van der Waals surface area contributed by atoms with Crippen molar-refractivity contribution < 1.29 is 22.7 Å². The number of anilines is 1. The van der Waals surface area contributed by atoms with Crippen LogP contribution >= 0.6 is 0 Å². The van der Waals surface area contributed by atoms with E-state index in [0.29, 0.717) is 43.7 Å². The molecular weight excluding hydrogens is 435 g/mol. The van der Waals surface area contributed by atoms with Gasteiger partial charge in [0.2, 0.25) is 0 Å². The molecule has 0 aromatic carbocycles. The van der Waals surface area contributed by atoms with Gasteiger partial charge in [0.25, 0.3) is 0 Å². The van der Waals surface area contributed by atoms with Gasteiger partial charge in [0.15, 0.2) is 0 Å².